The summed E-state index contributed by atoms with van der Waals surface area (Å²) in [6, 6.07) is 10.7. The quantitative estimate of drug-likeness (QED) is 0.588. The molecule has 31 heavy (non-hydrogen) atoms. The lowest BCUT2D eigenvalue weighted by Crippen LogP contribution is -2.32. The van der Waals surface area contributed by atoms with Gasteiger partial charge in [-0.2, -0.15) is 0 Å². The van der Waals surface area contributed by atoms with Crippen molar-refractivity contribution >= 4 is 33.3 Å². The van der Waals surface area contributed by atoms with Crippen molar-refractivity contribution in [3.05, 3.63) is 58.7 Å². The van der Waals surface area contributed by atoms with Gasteiger partial charge in [0.2, 0.25) is 15.9 Å². The molecule has 0 aliphatic rings. The van der Waals surface area contributed by atoms with Crippen molar-refractivity contribution in [3.63, 3.8) is 0 Å². The summed E-state index contributed by atoms with van der Waals surface area (Å²) in [5, 5.41) is 2.81. The molecule has 0 saturated carbocycles. The number of aryl methyl sites for hydroxylation is 2. The van der Waals surface area contributed by atoms with Gasteiger partial charge in [0.25, 0.3) is 0 Å². The van der Waals surface area contributed by atoms with Crippen LogP contribution in [0.5, 0.6) is 0 Å². The number of amides is 1. The smallest absolute Gasteiger partial charge is 0.338 e. The Hall–Kier alpha value is -2.87. The van der Waals surface area contributed by atoms with E-state index in [2.05, 4.69) is 5.32 Å². The van der Waals surface area contributed by atoms with Crippen molar-refractivity contribution in [2.75, 3.05) is 29.0 Å². The second kappa shape index (κ2) is 10.4. The third-order valence-corrected chi connectivity index (χ3v) is 6.08. The number of hydrogen-bond acceptors (Lipinski definition) is 5. The molecule has 7 nitrogen and oxygen atoms in total. The van der Waals surface area contributed by atoms with Crippen molar-refractivity contribution in [3.8, 4) is 0 Å². The summed E-state index contributed by atoms with van der Waals surface area (Å²) in [6.45, 7) is 7.71. The average Bonchev–Trinajstić information content (AvgIpc) is 2.68. The SMILES string of the molecule is CCOC(=O)c1cccc(NC(=O)CCCN(c2cc(C)ccc2C)S(C)(=O)=O)c1C. The van der Waals surface area contributed by atoms with Crippen LogP contribution in [-0.2, 0) is 19.6 Å². The van der Waals surface area contributed by atoms with Crippen molar-refractivity contribution in [1.82, 2.24) is 0 Å². The number of nitrogens with zero attached hydrogens (tertiary/aromatic N) is 1. The number of anilines is 2. The molecule has 2 rings (SSSR count). The fourth-order valence-electron chi connectivity index (χ4n) is 3.25. The van der Waals surface area contributed by atoms with Crippen LogP contribution in [0.25, 0.3) is 0 Å². The van der Waals surface area contributed by atoms with Gasteiger partial charge in [-0.05, 0) is 69.0 Å². The lowest BCUT2D eigenvalue weighted by Gasteiger charge is -2.24. The number of nitrogens with one attached hydrogen (secondary N) is 1. The predicted molar refractivity (Wildman–Crippen MR) is 123 cm³/mol. The average molecular weight is 447 g/mol. The molecule has 0 bridgehead atoms. The number of carbonyl (C=O) groups excluding carboxylic acids is 2. The second-order valence-electron chi connectivity index (χ2n) is 7.48. The number of rotatable bonds is 9. The molecule has 1 N–H and O–H groups in total. The van der Waals surface area contributed by atoms with E-state index < -0.39 is 16.0 Å². The molecule has 0 aliphatic heterocycles. The number of benzene rings is 2. The zero-order valence-electron chi connectivity index (χ0n) is 18.7. The highest BCUT2D eigenvalue weighted by atomic mass is 32.2. The van der Waals surface area contributed by atoms with E-state index in [0.717, 1.165) is 11.1 Å². The molecule has 0 aromatic heterocycles. The van der Waals surface area contributed by atoms with E-state index in [9.17, 15) is 18.0 Å². The van der Waals surface area contributed by atoms with E-state index in [4.69, 9.17) is 4.74 Å². The Bertz CT molecular complexity index is 1060. The fraction of sp³-hybridized carbons (Fsp3) is 0.391. The molecule has 168 valence electrons. The maximum absolute atomic E-state index is 12.5. The fourth-order valence-corrected chi connectivity index (χ4v) is 4.26. The molecular weight excluding hydrogens is 416 g/mol. The third-order valence-electron chi connectivity index (χ3n) is 4.90. The van der Waals surface area contributed by atoms with Gasteiger partial charge in [-0.15, -0.1) is 0 Å². The molecule has 0 fully saturated rings. The van der Waals surface area contributed by atoms with Gasteiger partial charge in [0, 0.05) is 18.7 Å². The van der Waals surface area contributed by atoms with Crippen LogP contribution in [0.1, 0.15) is 46.8 Å². The van der Waals surface area contributed by atoms with Crippen LogP contribution in [0.3, 0.4) is 0 Å². The first-order valence-electron chi connectivity index (χ1n) is 10.2. The van der Waals surface area contributed by atoms with Crippen molar-refractivity contribution in [2.45, 2.75) is 40.5 Å². The van der Waals surface area contributed by atoms with Crippen LogP contribution in [-0.4, -0.2) is 39.7 Å². The maximum Gasteiger partial charge on any atom is 0.338 e. The topological polar surface area (TPSA) is 92.8 Å². The lowest BCUT2D eigenvalue weighted by atomic mass is 10.1. The van der Waals surface area contributed by atoms with Gasteiger partial charge in [-0.3, -0.25) is 9.10 Å². The Balaban J connectivity index is 2.06. The molecule has 0 spiro atoms. The van der Waals surface area contributed by atoms with Crippen LogP contribution in [0.15, 0.2) is 36.4 Å². The van der Waals surface area contributed by atoms with Gasteiger partial charge in [0.15, 0.2) is 0 Å². The largest absolute Gasteiger partial charge is 0.462 e. The van der Waals surface area contributed by atoms with Crippen LogP contribution in [0.2, 0.25) is 0 Å². The molecule has 0 atom stereocenters. The van der Waals surface area contributed by atoms with Gasteiger partial charge >= 0.3 is 5.97 Å². The first kappa shape index (κ1) is 24.4. The molecule has 2 aromatic carbocycles. The summed E-state index contributed by atoms with van der Waals surface area (Å²) >= 11 is 0. The third kappa shape index (κ3) is 6.55. The highest BCUT2D eigenvalue weighted by Crippen LogP contribution is 2.25. The molecule has 0 saturated heterocycles. The number of carbonyl (C=O) groups is 2. The van der Waals surface area contributed by atoms with Crippen LogP contribution < -0.4 is 9.62 Å². The van der Waals surface area contributed by atoms with Crippen LogP contribution in [0.4, 0.5) is 11.4 Å². The number of sulfonamides is 1. The Kier molecular flexibility index (Phi) is 8.21. The van der Waals surface area contributed by atoms with Crippen molar-refractivity contribution in [1.29, 1.82) is 0 Å². The van der Waals surface area contributed by atoms with Crippen molar-refractivity contribution < 1.29 is 22.7 Å². The summed E-state index contributed by atoms with van der Waals surface area (Å²) in [4.78, 5) is 24.5. The van der Waals surface area contributed by atoms with E-state index in [0.29, 0.717) is 28.9 Å². The normalized spacial score (nSPS) is 11.1. The van der Waals surface area contributed by atoms with E-state index in [1.54, 1.807) is 32.0 Å². The number of esters is 1. The zero-order chi connectivity index (χ0) is 23.2. The van der Waals surface area contributed by atoms with Crippen molar-refractivity contribution in [2.24, 2.45) is 0 Å². The van der Waals surface area contributed by atoms with E-state index in [1.165, 1.54) is 10.6 Å². The Morgan fingerprint density at radius 3 is 2.45 bits per heavy atom. The molecule has 0 aliphatic carbocycles. The minimum atomic E-state index is -3.49. The summed E-state index contributed by atoms with van der Waals surface area (Å²) in [7, 11) is -3.49. The van der Waals surface area contributed by atoms with Gasteiger partial charge in [0.05, 0.1) is 24.1 Å². The predicted octanol–water partition coefficient (Wildman–Crippen LogP) is 3.97. The lowest BCUT2D eigenvalue weighted by molar-refractivity contribution is -0.116. The highest BCUT2D eigenvalue weighted by Gasteiger charge is 2.20. The molecule has 2 aromatic rings. The van der Waals surface area contributed by atoms with Gasteiger partial charge in [-0.25, -0.2) is 13.2 Å². The summed E-state index contributed by atoms with van der Waals surface area (Å²) in [6.07, 6.45) is 1.65. The van der Waals surface area contributed by atoms with Crippen LogP contribution in [0, 0.1) is 20.8 Å². The van der Waals surface area contributed by atoms with Gasteiger partial charge < -0.3 is 10.1 Å². The molecule has 1 amide bonds. The Labute approximate surface area is 184 Å². The standard InChI is InChI=1S/C23H30N2O5S/c1-6-30-23(27)19-9-7-10-20(18(19)4)24-22(26)11-8-14-25(31(5,28)29)21-15-16(2)12-13-17(21)3/h7,9-10,12-13,15H,6,8,11,14H2,1-5H3,(H,24,26). The zero-order valence-corrected chi connectivity index (χ0v) is 19.5. The molecule has 0 heterocycles. The van der Waals surface area contributed by atoms with Gasteiger partial charge in [0.1, 0.15) is 0 Å². The second-order valence-corrected chi connectivity index (χ2v) is 9.38. The summed E-state index contributed by atoms with van der Waals surface area (Å²) in [5.74, 6) is -0.688. The Morgan fingerprint density at radius 1 is 1.10 bits per heavy atom. The highest BCUT2D eigenvalue weighted by molar-refractivity contribution is 7.92. The molecular formula is C23H30N2O5S. The minimum Gasteiger partial charge on any atom is -0.462 e. The molecule has 8 heteroatoms. The minimum absolute atomic E-state index is 0.139. The molecule has 0 radical (unpaired) electrons. The Morgan fingerprint density at radius 2 is 1.81 bits per heavy atom. The monoisotopic (exact) mass is 446 g/mol. The first-order valence-corrected chi connectivity index (χ1v) is 12.0. The molecule has 0 unspecified atom stereocenters. The van der Waals surface area contributed by atoms with E-state index >= 15 is 0 Å². The summed E-state index contributed by atoms with van der Waals surface area (Å²) < 4.78 is 31.1. The van der Waals surface area contributed by atoms with Crippen LogP contribution >= 0.6 is 0 Å². The number of hydrogen-bond donors (Lipinski definition) is 1. The van der Waals surface area contributed by atoms with E-state index in [-0.39, 0.29) is 25.5 Å². The first-order chi connectivity index (χ1) is 14.5. The van der Waals surface area contributed by atoms with E-state index in [1.807, 2.05) is 32.0 Å². The van der Waals surface area contributed by atoms with Gasteiger partial charge in [-0.1, -0.05) is 18.2 Å². The summed E-state index contributed by atoms with van der Waals surface area (Å²) in [5.41, 5.74) is 4.00. The number of ether oxygens (including phenoxy) is 1. The maximum atomic E-state index is 12.5.